The Kier molecular flexibility index (Phi) is 9.36. The molecule has 2 aromatic carbocycles. The summed E-state index contributed by atoms with van der Waals surface area (Å²) in [5.74, 6) is -0.759. The van der Waals surface area contributed by atoms with E-state index in [1.807, 2.05) is 0 Å². The Morgan fingerprint density at radius 2 is 1.73 bits per heavy atom. The van der Waals surface area contributed by atoms with Gasteiger partial charge in [-0.1, -0.05) is 0 Å². The number of hydrogen-bond acceptors (Lipinski definition) is 9. The molecule has 0 bridgehead atoms. The molecule has 0 saturated carbocycles. The van der Waals surface area contributed by atoms with Gasteiger partial charge in [-0.2, -0.15) is 0 Å². The molecule has 4 heterocycles. The maximum Gasteiger partial charge on any atom is 0.335 e. The lowest BCUT2D eigenvalue weighted by molar-refractivity contribution is 0.0911. The number of carbonyl (C=O) groups is 2. The number of aliphatic hydroxyl groups is 1. The van der Waals surface area contributed by atoms with Crippen molar-refractivity contribution in [2.75, 3.05) is 32.1 Å². The van der Waals surface area contributed by atoms with Crippen LogP contribution in [0.4, 0.5) is 10.1 Å². The van der Waals surface area contributed by atoms with Gasteiger partial charge in [-0.05, 0) is 93.6 Å². The molecule has 1 aliphatic rings. The van der Waals surface area contributed by atoms with Gasteiger partial charge in [0.25, 0.3) is 17.4 Å². The normalized spacial score (nSPS) is 13.7. The number of halogens is 1. The third-order valence-corrected chi connectivity index (χ3v) is 8.04. The molecule has 246 valence electrons. The van der Waals surface area contributed by atoms with Crippen LogP contribution in [0.15, 0.2) is 88.8 Å². The maximum atomic E-state index is 13.5. The van der Waals surface area contributed by atoms with Crippen molar-refractivity contribution in [3.05, 3.63) is 117 Å². The summed E-state index contributed by atoms with van der Waals surface area (Å²) in [4.78, 5) is 63.3. The molecule has 1 saturated heterocycles. The van der Waals surface area contributed by atoms with Gasteiger partial charge in [-0.15, -0.1) is 0 Å². The Balaban J connectivity index is 1.19. The first-order chi connectivity index (χ1) is 23.2. The van der Waals surface area contributed by atoms with Gasteiger partial charge in [0.1, 0.15) is 28.6 Å². The van der Waals surface area contributed by atoms with E-state index in [4.69, 9.17) is 4.74 Å². The van der Waals surface area contributed by atoms with Crippen LogP contribution >= 0.6 is 0 Å². The zero-order valence-corrected chi connectivity index (χ0v) is 25.9. The van der Waals surface area contributed by atoms with E-state index in [9.17, 15) is 28.7 Å². The van der Waals surface area contributed by atoms with Gasteiger partial charge in [0.05, 0.1) is 30.6 Å². The molecule has 1 fully saturated rings. The number of aromatic nitrogens is 4. The summed E-state index contributed by atoms with van der Waals surface area (Å²) in [6.07, 6.45) is 5.91. The molecule has 6 rings (SSSR count). The third kappa shape index (κ3) is 6.99. The van der Waals surface area contributed by atoms with E-state index in [1.54, 1.807) is 42.6 Å². The fraction of sp³-hybridized carbons (Fsp3) is 0.235. The Bertz CT molecular complexity index is 2090. The topological polar surface area (TPSA) is 161 Å². The number of hydrogen-bond donors (Lipinski definition) is 3. The third-order valence-electron chi connectivity index (χ3n) is 8.04. The second-order valence-corrected chi connectivity index (χ2v) is 11.4. The molecular weight excluding hydrogens is 621 g/mol. The van der Waals surface area contributed by atoms with Crippen molar-refractivity contribution < 1.29 is 23.8 Å². The largest absolute Gasteiger partial charge is 0.457 e. The molecule has 0 spiro atoms. The van der Waals surface area contributed by atoms with Crippen molar-refractivity contribution in [3.8, 4) is 17.2 Å². The van der Waals surface area contributed by atoms with E-state index in [0.29, 0.717) is 28.1 Å². The highest BCUT2D eigenvalue weighted by Gasteiger charge is 2.21. The van der Waals surface area contributed by atoms with Crippen molar-refractivity contribution >= 4 is 28.4 Å². The number of carbonyl (C=O) groups excluding carboxylic acids is 2. The molecule has 2 amide bonds. The Morgan fingerprint density at radius 1 is 1.00 bits per heavy atom. The highest BCUT2D eigenvalue weighted by atomic mass is 19.1. The van der Waals surface area contributed by atoms with Gasteiger partial charge in [-0.25, -0.2) is 18.7 Å². The van der Waals surface area contributed by atoms with E-state index in [0.717, 1.165) is 53.4 Å². The number of aliphatic hydroxyl groups excluding tert-OH is 1. The summed E-state index contributed by atoms with van der Waals surface area (Å²) in [5, 5.41) is 15.7. The highest BCUT2D eigenvalue weighted by Crippen LogP contribution is 2.30. The lowest BCUT2D eigenvalue weighted by atomic mass is 10.1. The predicted molar refractivity (Wildman–Crippen MR) is 175 cm³/mol. The van der Waals surface area contributed by atoms with Crippen molar-refractivity contribution in [1.82, 2.24) is 29.3 Å². The SMILES string of the molecule is CN1CCC(NC(=O)c2cc3c(Oc4ccc(NC(=O)c5cn(CCO)c(=O)n(-c6ccc(F)cc6)c5=O)cc4)ccnc3cn2)CC1. The number of pyridine rings is 2. The highest BCUT2D eigenvalue weighted by molar-refractivity contribution is 6.04. The van der Waals surface area contributed by atoms with Crippen LogP contribution in [0, 0.1) is 5.82 Å². The Morgan fingerprint density at radius 3 is 2.44 bits per heavy atom. The van der Waals surface area contributed by atoms with Crippen LogP contribution in [0.5, 0.6) is 11.5 Å². The second-order valence-electron chi connectivity index (χ2n) is 11.4. The van der Waals surface area contributed by atoms with Crippen molar-refractivity contribution in [2.24, 2.45) is 0 Å². The number of likely N-dealkylation sites (tertiary alicyclic amines) is 1. The molecule has 0 unspecified atom stereocenters. The molecule has 5 aromatic rings. The molecule has 13 nitrogen and oxygen atoms in total. The fourth-order valence-corrected chi connectivity index (χ4v) is 5.42. The summed E-state index contributed by atoms with van der Waals surface area (Å²) in [6, 6.07) is 14.4. The number of fused-ring (bicyclic) bond motifs is 1. The van der Waals surface area contributed by atoms with Crippen molar-refractivity contribution in [2.45, 2.75) is 25.4 Å². The Hall–Kier alpha value is -5.73. The number of piperidine rings is 1. The second kappa shape index (κ2) is 13.9. The minimum absolute atomic E-state index is 0.0682. The van der Waals surface area contributed by atoms with E-state index >= 15 is 0 Å². The quantitative estimate of drug-likeness (QED) is 0.217. The standard InChI is InChI=1S/C34H32FN7O6/c1-40-14-11-23(12-15-40)39-32(45)28-18-26-29(19-37-28)36-13-10-30(26)48-25-8-4-22(5-9-25)38-31(44)27-20-41(16-17-43)34(47)42(33(27)46)24-6-2-21(35)3-7-24/h2-10,13,18-20,23,43H,11-12,14-17H2,1H3,(H,38,44)(H,39,45). The number of nitrogens with one attached hydrogen (secondary N) is 2. The van der Waals surface area contributed by atoms with Gasteiger partial charge >= 0.3 is 5.69 Å². The molecule has 0 radical (unpaired) electrons. The fourth-order valence-electron chi connectivity index (χ4n) is 5.42. The molecule has 3 aromatic heterocycles. The van der Waals surface area contributed by atoms with Gasteiger partial charge in [0.2, 0.25) is 0 Å². The minimum atomic E-state index is -0.906. The van der Waals surface area contributed by atoms with Crippen LogP contribution in [-0.4, -0.2) is 73.7 Å². The first-order valence-electron chi connectivity index (χ1n) is 15.3. The summed E-state index contributed by atoms with van der Waals surface area (Å²) >= 11 is 0. The van der Waals surface area contributed by atoms with Crippen LogP contribution in [0.1, 0.15) is 33.7 Å². The van der Waals surface area contributed by atoms with Gasteiger partial charge in [0.15, 0.2) is 0 Å². The summed E-state index contributed by atoms with van der Waals surface area (Å²) in [5.41, 5.74) is -0.863. The van der Waals surface area contributed by atoms with Crippen molar-refractivity contribution in [3.63, 3.8) is 0 Å². The van der Waals surface area contributed by atoms with E-state index < -0.39 is 29.6 Å². The predicted octanol–water partition coefficient (Wildman–Crippen LogP) is 2.94. The number of benzene rings is 2. The molecule has 3 N–H and O–H groups in total. The molecule has 48 heavy (non-hydrogen) atoms. The average Bonchev–Trinajstić information content (AvgIpc) is 3.08. The van der Waals surface area contributed by atoms with Gasteiger partial charge < -0.3 is 25.4 Å². The van der Waals surface area contributed by atoms with E-state index in [-0.39, 0.29) is 35.4 Å². The van der Waals surface area contributed by atoms with E-state index in [2.05, 4.69) is 32.5 Å². The van der Waals surface area contributed by atoms with Crippen LogP contribution in [-0.2, 0) is 6.54 Å². The van der Waals surface area contributed by atoms with Crippen LogP contribution < -0.4 is 26.6 Å². The number of anilines is 1. The minimum Gasteiger partial charge on any atom is -0.457 e. The molecule has 1 aliphatic heterocycles. The monoisotopic (exact) mass is 653 g/mol. The van der Waals surface area contributed by atoms with E-state index in [1.165, 1.54) is 18.3 Å². The number of ether oxygens (including phenoxy) is 1. The first-order valence-corrected chi connectivity index (χ1v) is 15.3. The van der Waals surface area contributed by atoms with Crippen LogP contribution in [0.25, 0.3) is 16.6 Å². The molecule has 0 aliphatic carbocycles. The summed E-state index contributed by atoms with van der Waals surface area (Å²) < 4.78 is 21.4. The maximum absolute atomic E-state index is 13.5. The van der Waals surface area contributed by atoms with Crippen molar-refractivity contribution in [1.29, 1.82) is 0 Å². The lowest BCUT2D eigenvalue weighted by Crippen LogP contribution is -2.43. The van der Waals surface area contributed by atoms with Gasteiger partial charge in [0, 0.05) is 29.5 Å². The molecular formula is C34H32FN7O6. The Labute approximate surface area is 273 Å². The first kappa shape index (κ1) is 32.2. The molecule has 0 atom stereocenters. The molecule has 14 heteroatoms. The summed E-state index contributed by atoms with van der Waals surface area (Å²) in [7, 11) is 2.06. The van der Waals surface area contributed by atoms with Crippen LogP contribution in [0.3, 0.4) is 0 Å². The lowest BCUT2D eigenvalue weighted by Gasteiger charge is -2.29. The zero-order chi connectivity index (χ0) is 33.8. The summed E-state index contributed by atoms with van der Waals surface area (Å²) in [6.45, 7) is 1.24. The van der Waals surface area contributed by atoms with Crippen LogP contribution in [0.2, 0.25) is 0 Å². The smallest absolute Gasteiger partial charge is 0.335 e. The number of amides is 2. The zero-order valence-electron chi connectivity index (χ0n) is 25.9. The number of nitrogens with zero attached hydrogens (tertiary/aromatic N) is 5. The van der Waals surface area contributed by atoms with Gasteiger partial charge in [-0.3, -0.25) is 23.9 Å². The number of rotatable bonds is 9. The average molecular weight is 654 g/mol.